The number of halogens is 4. The standard InChI is InChI=1S/C23H27F4N5O2/c24-18-5-6-19(23(25,26)27)17(14-18)15-31-10-12-32(13-11-31)20-7-8-21(30-29-20)34-22(33)28-9-1-2-16-3-4-16/h5-8,14,16H,1-4,9-13,15H2,(H,28,33). The van der Waals surface area contributed by atoms with Crippen LogP contribution in [0.25, 0.3) is 0 Å². The molecule has 2 fully saturated rings. The number of piperazine rings is 1. The first kappa shape index (κ1) is 24.2. The number of amides is 1. The van der Waals surface area contributed by atoms with Gasteiger partial charge in [-0.15, -0.1) is 10.2 Å². The summed E-state index contributed by atoms with van der Waals surface area (Å²) in [6, 6.07) is 5.81. The molecule has 0 unspecified atom stereocenters. The highest BCUT2D eigenvalue weighted by molar-refractivity contribution is 5.69. The van der Waals surface area contributed by atoms with Crippen LogP contribution in [0.4, 0.5) is 28.2 Å². The zero-order chi connectivity index (χ0) is 24.1. The maximum absolute atomic E-state index is 13.5. The third-order valence-electron chi connectivity index (χ3n) is 6.04. The number of hydrogen-bond donors (Lipinski definition) is 1. The van der Waals surface area contributed by atoms with Crippen molar-refractivity contribution in [3.8, 4) is 5.88 Å². The lowest BCUT2D eigenvalue weighted by atomic mass is 10.1. The number of alkyl halides is 3. The van der Waals surface area contributed by atoms with Crippen LogP contribution in [-0.4, -0.2) is 53.9 Å². The van der Waals surface area contributed by atoms with Crippen molar-refractivity contribution in [2.24, 2.45) is 5.92 Å². The Labute approximate surface area is 195 Å². The van der Waals surface area contributed by atoms with Gasteiger partial charge in [-0.05, 0) is 48.6 Å². The van der Waals surface area contributed by atoms with Crippen molar-refractivity contribution in [2.45, 2.75) is 38.4 Å². The predicted molar refractivity (Wildman–Crippen MR) is 117 cm³/mol. The number of carbonyl (C=O) groups excluding carboxylic acids is 1. The molecule has 1 saturated carbocycles. The van der Waals surface area contributed by atoms with Gasteiger partial charge in [-0.3, -0.25) is 4.90 Å². The van der Waals surface area contributed by atoms with E-state index in [9.17, 15) is 22.4 Å². The number of rotatable bonds is 8. The SMILES string of the molecule is O=C(NCCCC1CC1)Oc1ccc(N2CCN(Cc3cc(F)ccc3C(F)(F)F)CC2)nn1. The lowest BCUT2D eigenvalue weighted by molar-refractivity contribution is -0.138. The predicted octanol–water partition coefficient (Wildman–Crippen LogP) is 4.24. The molecule has 1 saturated heterocycles. The molecule has 0 radical (unpaired) electrons. The summed E-state index contributed by atoms with van der Waals surface area (Å²) in [5.74, 6) is 0.800. The second kappa shape index (κ2) is 10.5. The number of benzene rings is 1. The Bertz CT molecular complexity index is 974. The monoisotopic (exact) mass is 481 g/mol. The van der Waals surface area contributed by atoms with Gasteiger partial charge in [0.2, 0.25) is 5.88 Å². The van der Waals surface area contributed by atoms with E-state index in [4.69, 9.17) is 4.74 Å². The van der Waals surface area contributed by atoms with Gasteiger partial charge < -0.3 is 15.0 Å². The molecular weight excluding hydrogens is 454 g/mol. The minimum absolute atomic E-state index is 0.00860. The van der Waals surface area contributed by atoms with Crippen LogP contribution in [0.2, 0.25) is 0 Å². The molecule has 0 atom stereocenters. The molecule has 1 amide bonds. The molecule has 2 aromatic rings. The second-order valence-corrected chi connectivity index (χ2v) is 8.69. The number of hydrogen-bond acceptors (Lipinski definition) is 6. The first-order valence-corrected chi connectivity index (χ1v) is 11.4. The van der Waals surface area contributed by atoms with Crippen LogP contribution in [0, 0.1) is 11.7 Å². The molecule has 2 aliphatic rings. The van der Waals surface area contributed by atoms with Crippen molar-refractivity contribution in [3.63, 3.8) is 0 Å². The first-order valence-electron chi connectivity index (χ1n) is 11.4. The van der Waals surface area contributed by atoms with Gasteiger partial charge in [-0.2, -0.15) is 13.2 Å². The average Bonchev–Trinajstić information content (AvgIpc) is 3.62. The van der Waals surface area contributed by atoms with Crippen molar-refractivity contribution in [2.75, 3.05) is 37.6 Å². The Morgan fingerprint density at radius 2 is 1.85 bits per heavy atom. The number of carbonyl (C=O) groups is 1. The van der Waals surface area contributed by atoms with E-state index >= 15 is 0 Å². The number of nitrogens with zero attached hydrogens (tertiary/aromatic N) is 4. The Kier molecular flexibility index (Phi) is 7.50. The smallest absolute Gasteiger partial charge is 0.390 e. The van der Waals surface area contributed by atoms with Crippen LogP contribution in [-0.2, 0) is 12.7 Å². The van der Waals surface area contributed by atoms with Crippen molar-refractivity contribution in [3.05, 3.63) is 47.3 Å². The summed E-state index contributed by atoms with van der Waals surface area (Å²) in [4.78, 5) is 15.6. The minimum atomic E-state index is -4.53. The maximum atomic E-state index is 13.5. The van der Waals surface area contributed by atoms with Gasteiger partial charge in [0, 0.05) is 45.3 Å². The van der Waals surface area contributed by atoms with E-state index in [1.807, 2.05) is 9.80 Å². The van der Waals surface area contributed by atoms with Gasteiger partial charge in [-0.25, -0.2) is 9.18 Å². The van der Waals surface area contributed by atoms with Crippen molar-refractivity contribution in [1.82, 2.24) is 20.4 Å². The molecule has 11 heteroatoms. The number of ether oxygens (including phenoxy) is 1. The van der Waals surface area contributed by atoms with E-state index in [1.165, 1.54) is 12.8 Å². The van der Waals surface area contributed by atoms with E-state index < -0.39 is 23.7 Å². The third-order valence-corrected chi connectivity index (χ3v) is 6.04. The molecule has 0 bridgehead atoms. The highest BCUT2D eigenvalue weighted by Crippen LogP contribution is 2.34. The highest BCUT2D eigenvalue weighted by atomic mass is 19.4. The molecule has 7 nitrogen and oxygen atoms in total. The molecule has 34 heavy (non-hydrogen) atoms. The lowest BCUT2D eigenvalue weighted by Crippen LogP contribution is -2.46. The molecule has 1 aromatic carbocycles. The molecular formula is C23H27F4N5O2. The molecule has 2 heterocycles. The molecule has 0 spiro atoms. The topological polar surface area (TPSA) is 70.6 Å². The summed E-state index contributed by atoms with van der Waals surface area (Å²) < 4.78 is 58.4. The summed E-state index contributed by atoms with van der Waals surface area (Å²) in [6.07, 6.45) is -0.485. The maximum Gasteiger partial charge on any atom is 0.416 e. The molecule has 1 aliphatic carbocycles. The molecule has 1 aromatic heterocycles. The van der Waals surface area contributed by atoms with Gasteiger partial charge >= 0.3 is 12.3 Å². The Balaban J connectivity index is 1.24. The van der Waals surface area contributed by atoms with Crippen LogP contribution in [0.3, 0.4) is 0 Å². The first-order chi connectivity index (χ1) is 16.3. The Morgan fingerprint density at radius 1 is 1.09 bits per heavy atom. The van der Waals surface area contributed by atoms with Crippen LogP contribution in [0.15, 0.2) is 30.3 Å². The lowest BCUT2D eigenvalue weighted by Gasteiger charge is -2.35. The zero-order valence-electron chi connectivity index (χ0n) is 18.7. The normalized spacial score (nSPS) is 17.0. The summed E-state index contributed by atoms with van der Waals surface area (Å²) in [5, 5.41) is 10.7. The largest absolute Gasteiger partial charge is 0.416 e. The number of nitrogens with one attached hydrogen (secondary N) is 1. The minimum Gasteiger partial charge on any atom is -0.390 e. The van der Waals surface area contributed by atoms with E-state index in [0.717, 1.165) is 37.0 Å². The van der Waals surface area contributed by atoms with Crippen LogP contribution in [0.5, 0.6) is 5.88 Å². The highest BCUT2D eigenvalue weighted by Gasteiger charge is 2.34. The van der Waals surface area contributed by atoms with Gasteiger partial charge in [-0.1, -0.05) is 12.8 Å². The van der Waals surface area contributed by atoms with Gasteiger partial charge in [0.15, 0.2) is 5.82 Å². The zero-order valence-corrected chi connectivity index (χ0v) is 18.7. The Hall–Kier alpha value is -2.95. The summed E-state index contributed by atoms with van der Waals surface area (Å²) >= 11 is 0. The average molecular weight is 481 g/mol. The fraction of sp³-hybridized carbons (Fsp3) is 0.522. The Morgan fingerprint density at radius 3 is 2.50 bits per heavy atom. The van der Waals surface area contributed by atoms with E-state index in [0.29, 0.717) is 38.5 Å². The van der Waals surface area contributed by atoms with E-state index in [-0.39, 0.29) is 18.0 Å². The van der Waals surface area contributed by atoms with Gasteiger partial charge in [0.05, 0.1) is 5.56 Å². The van der Waals surface area contributed by atoms with Crippen molar-refractivity contribution in [1.29, 1.82) is 0 Å². The quantitative estimate of drug-likeness (QED) is 0.450. The number of anilines is 1. The van der Waals surface area contributed by atoms with Crippen molar-refractivity contribution >= 4 is 11.9 Å². The molecule has 1 N–H and O–H groups in total. The van der Waals surface area contributed by atoms with E-state index in [1.54, 1.807) is 12.1 Å². The van der Waals surface area contributed by atoms with Gasteiger partial charge in [0.1, 0.15) is 5.82 Å². The summed E-state index contributed by atoms with van der Waals surface area (Å²) in [6.45, 7) is 2.58. The third kappa shape index (κ3) is 6.78. The summed E-state index contributed by atoms with van der Waals surface area (Å²) in [5.41, 5.74) is -0.891. The molecule has 4 rings (SSSR count). The van der Waals surface area contributed by atoms with Gasteiger partial charge in [0.25, 0.3) is 0 Å². The van der Waals surface area contributed by atoms with Crippen LogP contribution >= 0.6 is 0 Å². The van der Waals surface area contributed by atoms with Crippen molar-refractivity contribution < 1.29 is 27.1 Å². The van der Waals surface area contributed by atoms with E-state index in [2.05, 4.69) is 15.5 Å². The fourth-order valence-corrected chi connectivity index (χ4v) is 4.00. The second-order valence-electron chi connectivity index (χ2n) is 8.69. The molecule has 184 valence electrons. The van der Waals surface area contributed by atoms with Crippen LogP contribution in [0.1, 0.15) is 36.8 Å². The number of aromatic nitrogens is 2. The fourth-order valence-electron chi connectivity index (χ4n) is 4.00. The van der Waals surface area contributed by atoms with Crippen LogP contribution < -0.4 is 15.0 Å². The summed E-state index contributed by atoms with van der Waals surface area (Å²) in [7, 11) is 0. The molecule has 1 aliphatic heterocycles.